The first-order chi connectivity index (χ1) is 11.6. The highest BCUT2D eigenvalue weighted by molar-refractivity contribution is 5.95. The Morgan fingerprint density at radius 1 is 1.17 bits per heavy atom. The van der Waals surface area contributed by atoms with Gasteiger partial charge in [-0.2, -0.15) is 0 Å². The lowest BCUT2D eigenvalue weighted by atomic mass is 10.1. The smallest absolute Gasteiger partial charge is 0.355 e. The van der Waals surface area contributed by atoms with Crippen LogP contribution in [-0.2, 0) is 13.6 Å². The van der Waals surface area contributed by atoms with E-state index in [2.05, 4.69) is 0 Å². The van der Waals surface area contributed by atoms with Gasteiger partial charge in [-0.1, -0.05) is 42.5 Å². The molecule has 0 aliphatic carbocycles. The molecule has 3 aromatic rings. The van der Waals surface area contributed by atoms with E-state index in [1.807, 2.05) is 54.2 Å². The zero-order valence-corrected chi connectivity index (χ0v) is 13.8. The number of nitrogens with two attached hydrogens (primary N) is 1. The van der Waals surface area contributed by atoms with E-state index in [1.54, 1.807) is 29.9 Å². The Kier molecular flexibility index (Phi) is 4.33. The average molecular weight is 322 g/mol. The third kappa shape index (κ3) is 3.01. The molecule has 2 aromatic carbocycles. The maximum absolute atomic E-state index is 12.6. The molecule has 0 spiro atoms. The number of methoxy groups -OCH3 is 1. The van der Waals surface area contributed by atoms with Crippen LogP contribution in [0.25, 0.3) is 11.3 Å². The number of ketones is 1. The van der Waals surface area contributed by atoms with E-state index in [-0.39, 0.29) is 12.3 Å². The summed E-state index contributed by atoms with van der Waals surface area (Å²) in [5.41, 5.74) is 8.79. The van der Waals surface area contributed by atoms with Crippen LogP contribution in [0.4, 0.5) is 5.95 Å². The molecule has 0 radical (unpaired) electrons. The number of nitrogen functional groups attached to an aromatic ring is 1. The van der Waals surface area contributed by atoms with Crippen molar-refractivity contribution in [2.45, 2.75) is 6.54 Å². The molecule has 0 unspecified atom stereocenters. The highest BCUT2D eigenvalue weighted by Gasteiger charge is 2.20. The molecule has 5 heteroatoms. The first kappa shape index (κ1) is 15.8. The molecule has 24 heavy (non-hydrogen) atoms. The van der Waals surface area contributed by atoms with Gasteiger partial charge in [-0.15, -0.1) is 0 Å². The number of ether oxygens (including phenoxy) is 1. The lowest BCUT2D eigenvalue weighted by Gasteiger charge is -2.03. The van der Waals surface area contributed by atoms with Crippen molar-refractivity contribution in [3.8, 4) is 17.0 Å². The second-order valence-corrected chi connectivity index (χ2v) is 5.58. The van der Waals surface area contributed by atoms with Gasteiger partial charge in [0, 0.05) is 11.1 Å². The molecule has 3 rings (SSSR count). The number of imidazole rings is 1. The number of hydrogen-bond donors (Lipinski definition) is 1. The summed E-state index contributed by atoms with van der Waals surface area (Å²) < 4.78 is 8.82. The van der Waals surface area contributed by atoms with Gasteiger partial charge in [-0.05, 0) is 12.1 Å². The van der Waals surface area contributed by atoms with E-state index in [0.717, 1.165) is 11.3 Å². The number of hydrogen-bond acceptors (Lipinski definition) is 3. The molecule has 5 nitrogen and oxygen atoms in total. The summed E-state index contributed by atoms with van der Waals surface area (Å²) in [7, 11) is 3.48. The molecule has 1 aromatic heterocycles. The molecule has 1 heterocycles. The van der Waals surface area contributed by atoms with E-state index in [1.165, 1.54) is 0 Å². The number of rotatable bonds is 5. The van der Waals surface area contributed by atoms with E-state index in [9.17, 15) is 4.79 Å². The summed E-state index contributed by atoms with van der Waals surface area (Å²) >= 11 is 0. The number of carbonyl (C=O) groups is 1. The molecule has 0 aliphatic rings. The van der Waals surface area contributed by atoms with Crippen molar-refractivity contribution in [2.24, 2.45) is 7.05 Å². The zero-order valence-electron chi connectivity index (χ0n) is 13.8. The SMILES string of the molecule is COc1cccc(C(=O)C[n+]2cc(-c3ccccc3)n(C)c2N)c1. The minimum absolute atomic E-state index is 0.0178. The summed E-state index contributed by atoms with van der Waals surface area (Å²) in [6.45, 7) is 0.180. The van der Waals surface area contributed by atoms with Gasteiger partial charge in [0.1, 0.15) is 24.2 Å². The van der Waals surface area contributed by atoms with Crippen molar-refractivity contribution in [3.05, 3.63) is 66.4 Å². The van der Waals surface area contributed by atoms with Gasteiger partial charge in [-0.3, -0.25) is 10.5 Å². The summed E-state index contributed by atoms with van der Waals surface area (Å²) in [6, 6.07) is 17.1. The fraction of sp³-hybridized carbons (Fsp3) is 0.158. The van der Waals surface area contributed by atoms with E-state index in [0.29, 0.717) is 17.3 Å². The molecule has 0 fully saturated rings. The molecule has 0 amide bonds. The van der Waals surface area contributed by atoms with Gasteiger partial charge in [-0.25, -0.2) is 9.13 Å². The third-order valence-corrected chi connectivity index (χ3v) is 4.05. The first-order valence-corrected chi connectivity index (χ1v) is 7.67. The number of aromatic nitrogens is 2. The largest absolute Gasteiger partial charge is 0.497 e. The van der Waals surface area contributed by atoms with E-state index < -0.39 is 0 Å². The van der Waals surface area contributed by atoms with Crippen LogP contribution in [0.2, 0.25) is 0 Å². The molecule has 0 aliphatic heterocycles. The average Bonchev–Trinajstić information content (AvgIpc) is 2.91. The van der Waals surface area contributed by atoms with Crippen LogP contribution in [0.15, 0.2) is 60.8 Å². The minimum Gasteiger partial charge on any atom is -0.497 e. The summed E-state index contributed by atoms with van der Waals surface area (Å²) in [5, 5.41) is 0. The lowest BCUT2D eigenvalue weighted by molar-refractivity contribution is -0.667. The summed E-state index contributed by atoms with van der Waals surface area (Å²) in [4.78, 5) is 12.6. The Morgan fingerprint density at radius 3 is 2.62 bits per heavy atom. The van der Waals surface area contributed by atoms with Crippen molar-refractivity contribution in [2.75, 3.05) is 12.8 Å². The number of benzene rings is 2. The maximum Gasteiger partial charge on any atom is 0.355 e. The normalized spacial score (nSPS) is 10.6. The van der Waals surface area contributed by atoms with Gasteiger partial charge < -0.3 is 4.74 Å². The van der Waals surface area contributed by atoms with Crippen LogP contribution < -0.4 is 15.0 Å². The van der Waals surface area contributed by atoms with Crippen LogP contribution in [0.1, 0.15) is 10.4 Å². The highest BCUT2D eigenvalue weighted by Crippen LogP contribution is 2.19. The highest BCUT2D eigenvalue weighted by atomic mass is 16.5. The van der Waals surface area contributed by atoms with Crippen LogP contribution in [0, 0.1) is 0 Å². The maximum atomic E-state index is 12.6. The number of anilines is 1. The van der Waals surface area contributed by atoms with Crippen LogP contribution in [-0.4, -0.2) is 17.5 Å². The van der Waals surface area contributed by atoms with E-state index >= 15 is 0 Å². The number of carbonyl (C=O) groups excluding carboxylic acids is 1. The monoisotopic (exact) mass is 322 g/mol. The van der Waals surface area contributed by atoms with Crippen molar-refractivity contribution in [3.63, 3.8) is 0 Å². The van der Waals surface area contributed by atoms with Crippen molar-refractivity contribution < 1.29 is 14.1 Å². The summed E-state index contributed by atoms with van der Waals surface area (Å²) in [5.74, 6) is 1.18. The molecular formula is C19H20N3O2+. The molecule has 2 N–H and O–H groups in total. The fourth-order valence-electron chi connectivity index (χ4n) is 2.66. The van der Waals surface area contributed by atoms with Crippen LogP contribution in [0.5, 0.6) is 5.75 Å². The van der Waals surface area contributed by atoms with Crippen molar-refractivity contribution in [1.29, 1.82) is 0 Å². The van der Waals surface area contributed by atoms with Gasteiger partial charge in [0.2, 0.25) is 0 Å². The molecule has 122 valence electrons. The number of nitrogens with zero attached hydrogens (tertiary/aromatic N) is 2. The lowest BCUT2D eigenvalue weighted by Crippen LogP contribution is -2.39. The van der Waals surface area contributed by atoms with Gasteiger partial charge in [0.25, 0.3) is 0 Å². The number of Topliss-reactive ketones (excluding diaryl/α,β-unsaturated/α-hetero) is 1. The zero-order chi connectivity index (χ0) is 17.1. The third-order valence-electron chi connectivity index (χ3n) is 4.05. The first-order valence-electron chi connectivity index (χ1n) is 7.67. The van der Waals surface area contributed by atoms with Gasteiger partial charge in [0.05, 0.1) is 14.2 Å². The predicted octanol–water partition coefficient (Wildman–Crippen LogP) is 2.45. The second-order valence-electron chi connectivity index (χ2n) is 5.58. The molecular weight excluding hydrogens is 302 g/mol. The van der Waals surface area contributed by atoms with E-state index in [4.69, 9.17) is 10.5 Å². The molecule has 0 saturated heterocycles. The predicted molar refractivity (Wildman–Crippen MR) is 92.8 cm³/mol. The van der Waals surface area contributed by atoms with Crippen molar-refractivity contribution >= 4 is 11.7 Å². The Morgan fingerprint density at radius 2 is 1.92 bits per heavy atom. The van der Waals surface area contributed by atoms with Crippen LogP contribution >= 0.6 is 0 Å². The Hall–Kier alpha value is -3.08. The Labute approximate surface area is 140 Å². The van der Waals surface area contributed by atoms with Crippen molar-refractivity contribution in [1.82, 2.24) is 4.57 Å². The van der Waals surface area contributed by atoms with Gasteiger partial charge in [0.15, 0.2) is 5.78 Å². The minimum atomic E-state index is -0.0178. The summed E-state index contributed by atoms with van der Waals surface area (Å²) in [6.07, 6.45) is 1.91. The van der Waals surface area contributed by atoms with Gasteiger partial charge >= 0.3 is 5.95 Å². The molecule has 0 bridgehead atoms. The Balaban J connectivity index is 1.89. The quantitative estimate of drug-likeness (QED) is 0.580. The Bertz CT molecular complexity index is 870. The van der Waals surface area contributed by atoms with Crippen LogP contribution in [0.3, 0.4) is 0 Å². The standard InChI is InChI=1S/C19H19N3O2/c1-21-17(14-7-4-3-5-8-14)12-22(19(21)20)13-18(23)15-9-6-10-16(11-15)24-2/h3-12,20H,13H2,1-2H3/p+1. The second kappa shape index (κ2) is 6.58. The molecule has 0 saturated carbocycles. The topological polar surface area (TPSA) is 61.1 Å². The molecule has 0 atom stereocenters. The fourth-order valence-corrected chi connectivity index (χ4v) is 2.66.